The zero-order valence-electron chi connectivity index (χ0n) is 15.1. The minimum Gasteiger partial charge on any atom is -0.488 e. The molecule has 1 aromatic carbocycles. The van der Waals surface area contributed by atoms with Gasteiger partial charge in [-0.15, -0.1) is 0 Å². The molecule has 1 aliphatic heterocycles. The van der Waals surface area contributed by atoms with E-state index in [1.807, 2.05) is 18.2 Å². The summed E-state index contributed by atoms with van der Waals surface area (Å²) in [4.78, 5) is 0. The molecule has 0 unspecified atom stereocenters. The van der Waals surface area contributed by atoms with E-state index in [9.17, 15) is 5.11 Å². The van der Waals surface area contributed by atoms with Crippen molar-refractivity contribution in [3.05, 3.63) is 40.9 Å². The van der Waals surface area contributed by atoms with Crippen molar-refractivity contribution in [3.63, 3.8) is 0 Å². The summed E-state index contributed by atoms with van der Waals surface area (Å²) in [6.45, 7) is 6.71. The van der Waals surface area contributed by atoms with Gasteiger partial charge in [0.15, 0.2) is 0 Å². The fourth-order valence-corrected chi connectivity index (χ4v) is 4.08. The number of benzene rings is 1. The Balaban J connectivity index is 2.33. The molecule has 4 nitrogen and oxygen atoms in total. The third-order valence-electron chi connectivity index (χ3n) is 4.91. The minimum atomic E-state index is -0.915. The fraction of sp³-hybridized carbons (Fsp3) is 0.600. The third-order valence-corrected chi connectivity index (χ3v) is 5.53. The Morgan fingerprint density at radius 3 is 2.96 bits per heavy atom. The maximum absolute atomic E-state index is 11.8. The lowest BCUT2D eigenvalue weighted by molar-refractivity contribution is -0.0452. The van der Waals surface area contributed by atoms with Crippen molar-refractivity contribution in [1.82, 2.24) is 5.32 Å². The Labute approximate surface area is 159 Å². The van der Waals surface area contributed by atoms with Gasteiger partial charge < -0.3 is 19.9 Å². The second kappa shape index (κ2) is 10.3. The van der Waals surface area contributed by atoms with Crippen molar-refractivity contribution in [2.24, 2.45) is 5.92 Å². The van der Waals surface area contributed by atoms with Gasteiger partial charge in [-0.05, 0) is 60.6 Å². The van der Waals surface area contributed by atoms with Crippen LogP contribution in [0.4, 0.5) is 0 Å². The number of nitrogens with one attached hydrogen (secondary N) is 1. The van der Waals surface area contributed by atoms with E-state index in [1.165, 1.54) is 0 Å². The smallest absolute Gasteiger partial charge is 0.140 e. The number of aliphatic hydroxyl groups is 1. The number of halogens is 1. The highest BCUT2D eigenvalue weighted by Crippen LogP contribution is 2.44. The molecule has 0 saturated carbocycles. The lowest BCUT2D eigenvalue weighted by atomic mass is 9.74. The molecule has 0 radical (unpaired) electrons. The number of hydrogen-bond donors (Lipinski definition) is 2. The van der Waals surface area contributed by atoms with Crippen LogP contribution in [-0.4, -0.2) is 38.5 Å². The largest absolute Gasteiger partial charge is 0.488 e. The Kier molecular flexibility index (Phi) is 8.43. The molecular weight excluding hydrogens is 382 g/mol. The molecule has 0 aromatic heterocycles. The topological polar surface area (TPSA) is 50.7 Å². The second-order valence-electron chi connectivity index (χ2n) is 6.63. The van der Waals surface area contributed by atoms with Crippen LogP contribution in [0.3, 0.4) is 0 Å². The second-order valence-corrected chi connectivity index (χ2v) is 7.49. The van der Waals surface area contributed by atoms with Gasteiger partial charge in [-0.25, -0.2) is 0 Å². The van der Waals surface area contributed by atoms with Crippen LogP contribution in [0.2, 0.25) is 0 Å². The summed E-state index contributed by atoms with van der Waals surface area (Å²) in [5, 5.41) is 15.2. The standard InChI is InChI=1S/C20H30BrNO3/c1-3-13-25-19-17(9-6-10-18(19)21)20(23,11-4-5-14-24-2)16-8-7-12-22-15-16/h3,6,9-10,16,22-23H,1,4-5,7-8,11-15H2,2H3/t16-,20+/m1/s1. The number of methoxy groups -OCH3 is 1. The van der Waals surface area contributed by atoms with Crippen LogP contribution in [-0.2, 0) is 10.3 Å². The molecule has 1 heterocycles. The number of unbranched alkanes of at least 4 members (excludes halogenated alkanes) is 1. The summed E-state index contributed by atoms with van der Waals surface area (Å²) in [7, 11) is 1.72. The van der Waals surface area contributed by atoms with Crippen molar-refractivity contribution < 1.29 is 14.6 Å². The van der Waals surface area contributed by atoms with E-state index < -0.39 is 5.60 Å². The fourth-order valence-electron chi connectivity index (χ4n) is 3.60. The summed E-state index contributed by atoms with van der Waals surface area (Å²) in [6.07, 6.45) is 6.37. The zero-order valence-corrected chi connectivity index (χ0v) is 16.7. The number of ether oxygens (including phenoxy) is 2. The highest BCUT2D eigenvalue weighted by atomic mass is 79.9. The highest BCUT2D eigenvalue weighted by molar-refractivity contribution is 9.10. The lowest BCUT2D eigenvalue weighted by Gasteiger charge is -2.40. The molecule has 0 bridgehead atoms. The SMILES string of the molecule is C=CCOc1c(Br)cccc1[C@](O)(CCCCOC)[C@@H]1CCCNC1. The van der Waals surface area contributed by atoms with E-state index in [0.29, 0.717) is 13.0 Å². The molecule has 0 amide bonds. The van der Waals surface area contributed by atoms with Gasteiger partial charge in [0.2, 0.25) is 0 Å². The van der Waals surface area contributed by atoms with Gasteiger partial charge in [0, 0.05) is 31.7 Å². The maximum Gasteiger partial charge on any atom is 0.140 e. The number of piperidine rings is 1. The molecule has 1 saturated heterocycles. The first kappa shape index (κ1) is 20.4. The average Bonchev–Trinajstić information content (AvgIpc) is 2.64. The first-order valence-corrected chi connectivity index (χ1v) is 9.87. The predicted molar refractivity (Wildman–Crippen MR) is 105 cm³/mol. The number of rotatable bonds is 10. The normalized spacial score (nSPS) is 20.0. The van der Waals surface area contributed by atoms with Gasteiger partial charge in [0.05, 0.1) is 10.1 Å². The maximum atomic E-state index is 11.8. The highest BCUT2D eigenvalue weighted by Gasteiger charge is 2.41. The Morgan fingerprint density at radius 1 is 1.44 bits per heavy atom. The van der Waals surface area contributed by atoms with Gasteiger partial charge in [0.25, 0.3) is 0 Å². The van der Waals surface area contributed by atoms with E-state index in [1.54, 1.807) is 13.2 Å². The van der Waals surface area contributed by atoms with E-state index in [0.717, 1.165) is 61.2 Å². The van der Waals surface area contributed by atoms with E-state index >= 15 is 0 Å². The summed E-state index contributed by atoms with van der Waals surface area (Å²) >= 11 is 3.58. The van der Waals surface area contributed by atoms with Crippen molar-refractivity contribution in [1.29, 1.82) is 0 Å². The van der Waals surface area contributed by atoms with E-state index in [4.69, 9.17) is 9.47 Å². The average molecular weight is 412 g/mol. The molecule has 2 N–H and O–H groups in total. The number of para-hydroxylation sites is 1. The lowest BCUT2D eigenvalue weighted by Crippen LogP contribution is -2.44. The monoisotopic (exact) mass is 411 g/mol. The van der Waals surface area contributed by atoms with Crippen LogP contribution in [0.1, 0.15) is 37.7 Å². The van der Waals surface area contributed by atoms with Crippen LogP contribution >= 0.6 is 15.9 Å². The summed E-state index contributed by atoms with van der Waals surface area (Å²) in [5.74, 6) is 0.895. The Morgan fingerprint density at radius 2 is 2.28 bits per heavy atom. The molecule has 2 rings (SSSR count). The van der Waals surface area contributed by atoms with Crippen LogP contribution in [0.25, 0.3) is 0 Å². The van der Waals surface area contributed by atoms with Crippen LogP contribution in [0.15, 0.2) is 35.3 Å². The molecule has 140 valence electrons. The molecule has 2 atom stereocenters. The first-order valence-electron chi connectivity index (χ1n) is 9.08. The summed E-state index contributed by atoms with van der Waals surface area (Å²) in [5.41, 5.74) is -0.0450. The van der Waals surface area contributed by atoms with Crippen LogP contribution < -0.4 is 10.1 Å². The summed E-state index contributed by atoms with van der Waals surface area (Å²) in [6, 6.07) is 5.91. The van der Waals surface area contributed by atoms with Gasteiger partial charge in [-0.2, -0.15) is 0 Å². The number of hydrogen-bond acceptors (Lipinski definition) is 4. The van der Waals surface area contributed by atoms with Crippen molar-refractivity contribution >= 4 is 15.9 Å². The zero-order chi connectivity index (χ0) is 18.1. The molecule has 1 fully saturated rings. The Hall–Kier alpha value is -0.880. The Bertz CT molecular complexity index is 546. The van der Waals surface area contributed by atoms with Gasteiger partial charge in [-0.1, -0.05) is 24.8 Å². The summed E-state index contributed by atoms with van der Waals surface area (Å²) < 4.78 is 11.9. The molecule has 1 aliphatic rings. The van der Waals surface area contributed by atoms with Crippen LogP contribution in [0.5, 0.6) is 5.75 Å². The molecule has 25 heavy (non-hydrogen) atoms. The van der Waals surface area contributed by atoms with Crippen molar-refractivity contribution in [3.8, 4) is 5.75 Å². The van der Waals surface area contributed by atoms with Crippen LogP contribution in [0, 0.1) is 5.92 Å². The molecule has 1 aromatic rings. The molecule has 0 aliphatic carbocycles. The molecule has 5 heteroatoms. The first-order chi connectivity index (χ1) is 12.1. The van der Waals surface area contributed by atoms with Crippen molar-refractivity contribution in [2.75, 3.05) is 33.4 Å². The van der Waals surface area contributed by atoms with E-state index in [-0.39, 0.29) is 5.92 Å². The molecule has 0 spiro atoms. The van der Waals surface area contributed by atoms with E-state index in [2.05, 4.69) is 27.8 Å². The van der Waals surface area contributed by atoms with Gasteiger partial charge >= 0.3 is 0 Å². The van der Waals surface area contributed by atoms with Crippen molar-refractivity contribution in [2.45, 2.75) is 37.7 Å². The van der Waals surface area contributed by atoms with Gasteiger partial charge in [0.1, 0.15) is 12.4 Å². The third kappa shape index (κ3) is 5.30. The molecular formula is C20H30BrNO3. The quantitative estimate of drug-likeness (QED) is 0.450. The predicted octanol–water partition coefficient (Wildman–Crippen LogP) is 4.02. The van der Waals surface area contributed by atoms with Gasteiger partial charge in [-0.3, -0.25) is 0 Å². The minimum absolute atomic E-state index is 0.171.